The number of hydrogen-bond donors (Lipinski definition) is 2. The van der Waals surface area contributed by atoms with Gasteiger partial charge in [0, 0.05) is 4.88 Å². The molecule has 94 valence electrons. The summed E-state index contributed by atoms with van der Waals surface area (Å²) in [6.45, 7) is 3.73. The van der Waals surface area contributed by atoms with Gasteiger partial charge in [-0.25, -0.2) is 0 Å². The van der Waals surface area contributed by atoms with Crippen molar-refractivity contribution in [2.24, 2.45) is 0 Å². The van der Waals surface area contributed by atoms with E-state index in [1.54, 1.807) is 25.1 Å². The Morgan fingerprint density at radius 2 is 2.11 bits per heavy atom. The molecule has 0 aliphatic heterocycles. The Kier molecular flexibility index (Phi) is 3.73. The maximum atomic E-state index is 12.1. The number of carbonyl (C=O) groups excluding carboxylic acids is 1. The Bertz CT molecular complexity index is 607. The van der Waals surface area contributed by atoms with E-state index < -0.39 is 0 Å². The molecule has 0 aliphatic rings. The Morgan fingerprint density at radius 1 is 1.39 bits per heavy atom. The molecule has 0 unspecified atom stereocenters. The van der Waals surface area contributed by atoms with Gasteiger partial charge in [0.15, 0.2) is 0 Å². The fraction of sp³-hybridized carbons (Fsp3) is 0.154. The van der Waals surface area contributed by atoms with Crippen LogP contribution in [0.4, 0.5) is 5.69 Å². The highest BCUT2D eigenvalue weighted by atomic mass is 79.9. The van der Waals surface area contributed by atoms with Crippen LogP contribution in [0.1, 0.15) is 20.8 Å². The molecule has 0 saturated heterocycles. The van der Waals surface area contributed by atoms with E-state index in [-0.39, 0.29) is 11.7 Å². The smallest absolute Gasteiger partial charge is 0.257 e. The largest absolute Gasteiger partial charge is 0.505 e. The van der Waals surface area contributed by atoms with Crippen molar-refractivity contribution in [2.45, 2.75) is 13.8 Å². The summed E-state index contributed by atoms with van der Waals surface area (Å²) in [6, 6.07) is 7.07. The Labute approximate surface area is 118 Å². The molecule has 1 amide bonds. The molecule has 0 saturated carbocycles. The number of carbonyl (C=O) groups is 1. The van der Waals surface area contributed by atoms with Gasteiger partial charge in [0.05, 0.1) is 15.0 Å². The second kappa shape index (κ2) is 5.12. The van der Waals surface area contributed by atoms with E-state index in [4.69, 9.17) is 0 Å². The summed E-state index contributed by atoms with van der Waals surface area (Å²) in [4.78, 5) is 13.1. The lowest BCUT2D eigenvalue weighted by molar-refractivity contribution is 0.102. The van der Waals surface area contributed by atoms with Crippen molar-refractivity contribution in [3.63, 3.8) is 0 Å². The summed E-state index contributed by atoms with van der Waals surface area (Å²) in [5.41, 5.74) is 1.74. The first-order chi connectivity index (χ1) is 8.49. The topological polar surface area (TPSA) is 49.3 Å². The Balaban J connectivity index is 2.27. The quantitative estimate of drug-likeness (QED) is 0.817. The summed E-state index contributed by atoms with van der Waals surface area (Å²) in [5, 5.41) is 12.6. The first-order valence-electron chi connectivity index (χ1n) is 5.35. The van der Waals surface area contributed by atoms with Crippen LogP contribution in [0, 0.1) is 13.8 Å². The summed E-state index contributed by atoms with van der Waals surface area (Å²) >= 11 is 4.87. The van der Waals surface area contributed by atoms with Crippen LogP contribution in [0.5, 0.6) is 5.75 Å². The zero-order valence-electron chi connectivity index (χ0n) is 9.95. The first kappa shape index (κ1) is 13.1. The maximum absolute atomic E-state index is 12.1. The molecule has 1 heterocycles. The summed E-state index contributed by atoms with van der Waals surface area (Å²) in [7, 11) is 0. The summed E-state index contributed by atoms with van der Waals surface area (Å²) in [6.07, 6.45) is 0. The number of aromatic hydroxyl groups is 1. The summed E-state index contributed by atoms with van der Waals surface area (Å²) in [5.74, 6) is -0.124. The number of rotatable bonds is 2. The number of phenols is 1. The number of hydrogen-bond acceptors (Lipinski definition) is 3. The molecule has 0 aliphatic carbocycles. The monoisotopic (exact) mass is 325 g/mol. The molecule has 1 aromatic carbocycles. The third-order valence-electron chi connectivity index (χ3n) is 2.54. The van der Waals surface area contributed by atoms with Gasteiger partial charge in [-0.2, -0.15) is 0 Å². The highest BCUT2D eigenvalue weighted by molar-refractivity contribution is 9.11. The predicted molar refractivity (Wildman–Crippen MR) is 77.6 cm³/mol. The molecular formula is C13H12BrNO2S. The third-order valence-corrected chi connectivity index (χ3v) is 4.29. The van der Waals surface area contributed by atoms with Gasteiger partial charge in [0.25, 0.3) is 5.91 Å². The van der Waals surface area contributed by atoms with Crippen LogP contribution in [0.2, 0.25) is 0 Å². The van der Waals surface area contributed by atoms with Crippen LogP contribution in [0.25, 0.3) is 0 Å². The van der Waals surface area contributed by atoms with Crippen molar-refractivity contribution in [1.29, 1.82) is 0 Å². The van der Waals surface area contributed by atoms with E-state index in [2.05, 4.69) is 21.2 Å². The van der Waals surface area contributed by atoms with Crippen LogP contribution in [-0.2, 0) is 0 Å². The van der Waals surface area contributed by atoms with Crippen LogP contribution < -0.4 is 5.32 Å². The van der Waals surface area contributed by atoms with Crippen LogP contribution in [0.15, 0.2) is 28.1 Å². The Morgan fingerprint density at radius 3 is 2.72 bits per heavy atom. The fourth-order valence-corrected chi connectivity index (χ4v) is 3.37. The van der Waals surface area contributed by atoms with Crippen molar-refractivity contribution >= 4 is 38.9 Å². The molecule has 5 heteroatoms. The minimum absolute atomic E-state index is 0.105. The molecule has 3 nitrogen and oxygen atoms in total. The third kappa shape index (κ3) is 2.57. The van der Waals surface area contributed by atoms with E-state index in [0.717, 1.165) is 14.2 Å². The van der Waals surface area contributed by atoms with Crippen LogP contribution >= 0.6 is 27.3 Å². The zero-order valence-corrected chi connectivity index (χ0v) is 12.4. The molecule has 0 bridgehead atoms. The maximum Gasteiger partial charge on any atom is 0.257 e. The number of phenolic OH excluding ortho intramolecular Hbond substituents is 1. The fourth-order valence-electron chi connectivity index (χ4n) is 1.59. The minimum atomic E-state index is -0.230. The van der Waals surface area contributed by atoms with Gasteiger partial charge < -0.3 is 10.4 Å². The lowest BCUT2D eigenvalue weighted by atomic mass is 10.2. The molecule has 1 aromatic heterocycles. The van der Waals surface area contributed by atoms with E-state index in [0.29, 0.717) is 11.3 Å². The van der Waals surface area contributed by atoms with E-state index in [1.165, 1.54) is 11.3 Å². The number of nitrogens with one attached hydrogen (secondary N) is 1. The van der Waals surface area contributed by atoms with E-state index >= 15 is 0 Å². The second-order valence-corrected chi connectivity index (χ2v) is 6.54. The number of anilines is 1. The average molecular weight is 326 g/mol. The molecule has 0 fully saturated rings. The van der Waals surface area contributed by atoms with Gasteiger partial charge in [-0.15, -0.1) is 11.3 Å². The number of para-hydroxylation sites is 1. The highest BCUT2D eigenvalue weighted by Crippen LogP contribution is 2.30. The molecule has 2 aromatic rings. The number of benzene rings is 1. The van der Waals surface area contributed by atoms with Crippen molar-refractivity contribution < 1.29 is 9.90 Å². The van der Waals surface area contributed by atoms with Gasteiger partial charge >= 0.3 is 0 Å². The lowest BCUT2D eigenvalue weighted by Crippen LogP contribution is -2.11. The lowest BCUT2D eigenvalue weighted by Gasteiger charge is -2.08. The number of amides is 1. The molecule has 0 spiro atoms. The average Bonchev–Trinajstić information content (AvgIpc) is 2.64. The normalized spacial score (nSPS) is 10.4. The van der Waals surface area contributed by atoms with E-state index in [1.807, 2.05) is 13.0 Å². The van der Waals surface area contributed by atoms with Gasteiger partial charge in [-0.05, 0) is 47.5 Å². The van der Waals surface area contributed by atoms with E-state index in [9.17, 15) is 9.90 Å². The molecule has 0 atom stereocenters. The van der Waals surface area contributed by atoms with Gasteiger partial charge in [0.1, 0.15) is 5.75 Å². The standard InChI is InChI=1S/C13H12BrNO2S/c1-7-4-3-5-10(11(7)16)15-13(17)9-6-8(2)18-12(9)14/h3-6,16H,1-2H3,(H,15,17). The van der Waals surface area contributed by atoms with Crippen LogP contribution in [-0.4, -0.2) is 11.0 Å². The van der Waals surface area contributed by atoms with Gasteiger partial charge in [0.2, 0.25) is 0 Å². The van der Waals surface area contributed by atoms with Gasteiger partial charge in [-0.3, -0.25) is 4.79 Å². The molecule has 18 heavy (non-hydrogen) atoms. The first-order valence-corrected chi connectivity index (χ1v) is 6.96. The summed E-state index contributed by atoms with van der Waals surface area (Å²) < 4.78 is 0.796. The van der Waals surface area contributed by atoms with Crippen molar-refractivity contribution in [2.75, 3.05) is 5.32 Å². The van der Waals surface area contributed by atoms with Gasteiger partial charge in [-0.1, -0.05) is 12.1 Å². The number of halogens is 1. The second-order valence-electron chi connectivity index (χ2n) is 3.97. The molecule has 0 radical (unpaired) electrons. The van der Waals surface area contributed by atoms with Crippen LogP contribution in [0.3, 0.4) is 0 Å². The van der Waals surface area contributed by atoms with Crippen molar-refractivity contribution in [3.8, 4) is 5.75 Å². The molecule has 2 N–H and O–H groups in total. The highest BCUT2D eigenvalue weighted by Gasteiger charge is 2.15. The zero-order chi connectivity index (χ0) is 13.3. The number of thiophene rings is 1. The minimum Gasteiger partial charge on any atom is -0.505 e. The Hall–Kier alpha value is -1.33. The SMILES string of the molecule is Cc1cc(C(=O)Nc2cccc(C)c2O)c(Br)s1. The molecule has 2 rings (SSSR count). The van der Waals surface area contributed by atoms with Crippen molar-refractivity contribution in [3.05, 3.63) is 44.1 Å². The van der Waals surface area contributed by atoms with Crippen molar-refractivity contribution in [1.82, 2.24) is 0 Å². The molecular weight excluding hydrogens is 314 g/mol. The number of aryl methyl sites for hydroxylation is 2. The predicted octanol–water partition coefficient (Wildman–Crippen LogP) is 4.09.